The van der Waals surface area contributed by atoms with Crippen LogP contribution < -0.4 is 5.32 Å². The summed E-state index contributed by atoms with van der Waals surface area (Å²) in [6.45, 7) is 4.84. The standard InChI is InChI=1S/C11H12Cl2N2OS/c1-6(2)14-4-7-5-16-11(15-7)8-3-9(12)17-10(8)13/h3,5-6,14H,4H2,1-2H3. The highest BCUT2D eigenvalue weighted by atomic mass is 35.5. The molecule has 0 amide bonds. The summed E-state index contributed by atoms with van der Waals surface area (Å²) in [5.74, 6) is 0.513. The summed E-state index contributed by atoms with van der Waals surface area (Å²) in [5.41, 5.74) is 1.60. The van der Waals surface area contributed by atoms with Gasteiger partial charge in [-0.1, -0.05) is 37.0 Å². The molecule has 6 heteroatoms. The summed E-state index contributed by atoms with van der Waals surface area (Å²) >= 11 is 13.2. The van der Waals surface area contributed by atoms with Crippen molar-refractivity contribution in [2.24, 2.45) is 0 Å². The van der Waals surface area contributed by atoms with Crippen LogP contribution in [0.3, 0.4) is 0 Å². The van der Waals surface area contributed by atoms with Gasteiger partial charge in [-0.25, -0.2) is 4.98 Å². The van der Waals surface area contributed by atoms with Crippen LogP contribution in [0.2, 0.25) is 8.67 Å². The van der Waals surface area contributed by atoms with Crippen LogP contribution in [-0.2, 0) is 6.54 Å². The molecule has 0 aromatic carbocycles. The summed E-state index contributed by atoms with van der Waals surface area (Å²) in [7, 11) is 0. The smallest absolute Gasteiger partial charge is 0.228 e. The molecule has 0 radical (unpaired) electrons. The van der Waals surface area contributed by atoms with E-state index in [1.165, 1.54) is 11.3 Å². The average Bonchev–Trinajstić information content (AvgIpc) is 2.82. The van der Waals surface area contributed by atoms with Crippen molar-refractivity contribution in [3.05, 3.63) is 26.7 Å². The van der Waals surface area contributed by atoms with Gasteiger partial charge in [0.2, 0.25) is 5.89 Å². The maximum Gasteiger partial charge on any atom is 0.228 e. The third-order valence-corrected chi connectivity index (χ3v) is 3.62. The van der Waals surface area contributed by atoms with E-state index in [0.29, 0.717) is 27.1 Å². The Bertz CT molecular complexity index is 507. The van der Waals surface area contributed by atoms with Crippen LogP contribution in [0.15, 0.2) is 16.7 Å². The minimum atomic E-state index is 0.411. The highest BCUT2D eigenvalue weighted by molar-refractivity contribution is 7.20. The number of oxazole rings is 1. The summed E-state index contributed by atoms with van der Waals surface area (Å²) in [5, 5.41) is 3.27. The molecule has 0 saturated carbocycles. The normalized spacial score (nSPS) is 11.4. The van der Waals surface area contributed by atoms with Crippen LogP contribution in [0, 0.1) is 0 Å². The van der Waals surface area contributed by atoms with Gasteiger partial charge in [0.1, 0.15) is 10.6 Å². The summed E-state index contributed by atoms with van der Waals surface area (Å²) in [4.78, 5) is 4.36. The molecule has 1 N–H and O–H groups in total. The predicted octanol–water partition coefficient (Wildman–Crippen LogP) is 4.21. The molecule has 2 rings (SSSR count). The fourth-order valence-electron chi connectivity index (χ4n) is 1.31. The molecule has 3 nitrogen and oxygen atoms in total. The third-order valence-electron chi connectivity index (χ3n) is 2.13. The molecular weight excluding hydrogens is 279 g/mol. The van der Waals surface area contributed by atoms with Crippen molar-refractivity contribution in [1.29, 1.82) is 0 Å². The Balaban J connectivity index is 2.15. The van der Waals surface area contributed by atoms with Crippen LogP contribution in [0.1, 0.15) is 19.5 Å². The zero-order valence-corrected chi connectivity index (χ0v) is 11.8. The molecule has 92 valence electrons. The quantitative estimate of drug-likeness (QED) is 0.917. The van der Waals surface area contributed by atoms with Crippen molar-refractivity contribution < 1.29 is 4.42 Å². The van der Waals surface area contributed by atoms with Gasteiger partial charge in [-0.2, -0.15) is 0 Å². The second-order valence-corrected chi connectivity index (χ2v) is 6.20. The second kappa shape index (κ2) is 5.40. The van der Waals surface area contributed by atoms with E-state index in [2.05, 4.69) is 24.1 Å². The van der Waals surface area contributed by atoms with Gasteiger partial charge >= 0.3 is 0 Å². The van der Waals surface area contributed by atoms with E-state index in [1.54, 1.807) is 12.3 Å². The van der Waals surface area contributed by atoms with Crippen molar-refractivity contribution in [1.82, 2.24) is 10.3 Å². The van der Waals surface area contributed by atoms with Gasteiger partial charge < -0.3 is 9.73 Å². The molecule has 0 atom stereocenters. The second-order valence-electron chi connectivity index (χ2n) is 3.92. The van der Waals surface area contributed by atoms with E-state index < -0.39 is 0 Å². The molecule has 0 aliphatic rings. The number of halogens is 2. The Morgan fingerprint density at radius 2 is 2.24 bits per heavy atom. The fraction of sp³-hybridized carbons (Fsp3) is 0.364. The van der Waals surface area contributed by atoms with Gasteiger partial charge in [-0.05, 0) is 6.07 Å². The predicted molar refractivity (Wildman–Crippen MR) is 71.8 cm³/mol. The SMILES string of the molecule is CC(C)NCc1coc(-c2cc(Cl)sc2Cl)n1. The minimum absolute atomic E-state index is 0.411. The monoisotopic (exact) mass is 290 g/mol. The molecule has 0 aliphatic carbocycles. The Hall–Kier alpha value is -0.550. The summed E-state index contributed by atoms with van der Waals surface area (Å²) < 4.78 is 6.62. The summed E-state index contributed by atoms with van der Waals surface area (Å²) in [6.07, 6.45) is 1.63. The molecule has 17 heavy (non-hydrogen) atoms. The highest BCUT2D eigenvalue weighted by Crippen LogP contribution is 2.37. The van der Waals surface area contributed by atoms with Gasteiger partial charge in [-0.3, -0.25) is 0 Å². The zero-order valence-electron chi connectivity index (χ0n) is 9.46. The first-order chi connectivity index (χ1) is 8.06. The lowest BCUT2D eigenvalue weighted by molar-refractivity contribution is 0.560. The van der Waals surface area contributed by atoms with Crippen molar-refractivity contribution in [3.8, 4) is 11.5 Å². The number of aromatic nitrogens is 1. The molecule has 2 aromatic heterocycles. The first kappa shape index (κ1) is 12.9. The molecule has 0 saturated heterocycles. The molecule has 2 heterocycles. The lowest BCUT2D eigenvalue weighted by Gasteiger charge is -2.03. The van der Waals surface area contributed by atoms with E-state index in [1.807, 2.05) is 0 Å². The number of hydrogen-bond donors (Lipinski definition) is 1. The van der Waals surface area contributed by atoms with Gasteiger partial charge in [0.25, 0.3) is 0 Å². The number of rotatable bonds is 4. The lowest BCUT2D eigenvalue weighted by Crippen LogP contribution is -2.21. The van der Waals surface area contributed by atoms with Crippen molar-refractivity contribution in [2.45, 2.75) is 26.4 Å². The van der Waals surface area contributed by atoms with Gasteiger partial charge in [0, 0.05) is 12.6 Å². The molecular formula is C11H12Cl2N2OS. The number of nitrogens with zero attached hydrogens (tertiary/aromatic N) is 1. The number of thiophene rings is 1. The van der Waals surface area contributed by atoms with Crippen LogP contribution in [0.4, 0.5) is 0 Å². The van der Waals surface area contributed by atoms with Crippen molar-refractivity contribution in [3.63, 3.8) is 0 Å². The highest BCUT2D eigenvalue weighted by Gasteiger charge is 2.13. The Morgan fingerprint density at radius 1 is 1.47 bits per heavy atom. The Morgan fingerprint density at radius 3 is 2.82 bits per heavy atom. The van der Waals surface area contributed by atoms with Crippen molar-refractivity contribution >= 4 is 34.5 Å². The average molecular weight is 291 g/mol. The molecule has 2 aromatic rings. The van der Waals surface area contributed by atoms with Crippen LogP contribution >= 0.6 is 34.5 Å². The maximum absolute atomic E-state index is 6.03. The van der Waals surface area contributed by atoms with Gasteiger partial charge in [0.05, 0.1) is 15.6 Å². The minimum Gasteiger partial charge on any atom is -0.444 e. The topological polar surface area (TPSA) is 38.1 Å². The van der Waals surface area contributed by atoms with E-state index >= 15 is 0 Å². The maximum atomic E-state index is 6.03. The molecule has 0 fully saturated rings. The molecule has 0 unspecified atom stereocenters. The first-order valence-electron chi connectivity index (χ1n) is 5.19. The van der Waals surface area contributed by atoms with E-state index in [0.717, 1.165) is 11.3 Å². The lowest BCUT2D eigenvalue weighted by atomic mass is 10.3. The Labute approximate surface area is 114 Å². The first-order valence-corrected chi connectivity index (χ1v) is 6.76. The fourth-order valence-corrected chi connectivity index (χ4v) is 2.75. The largest absolute Gasteiger partial charge is 0.444 e. The number of nitrogens with one attached hydrogen (secondary N) is 1. The Kier molecular flexibility index (Phi) is 4.09. The van der Waals surface area contributed by atoms with E-state index in [-0.39, 0.29) is 0 Å². The van der Waals surface area contributed by atoms with Crippen LogP contribution in [0.25, 0.3) is 11.5 Å². The van der Waals surface area contributed by atoms with Crippen LogP contribution in [-0.4, -0.2) is 11.0 Å². The van der Waals surface area contributed by atoms with Crippen LogP contribution in [0.5, 0.6) is 0 Å². The number of hydrogen-bond acceptors (Lipinski definition) is 4. The molecule has 0 spiro atoms. The molecule has 0 aliphatic heterocycles. The van der Waals surface area contributed by atoms with E-state index in [4.69, 9.17) is 27.6 Å². The van der Waals surface area contributed by atoms with Gasteiger partial charge in [-0.15, -0.1) is 11.3 Å². The van der Waals surface area contributed by atoms with Crippen molar-refractivity contribution in [2.75, 3.05) is 0 Å². The summed E-state index contributed by atoms with van der Waals surface area (Å²) in [6, 6.07) is 2.18. The molecule has 0 bridgehead atoms. The zero-order chi connectivity index (χ0) is 12.4. The van der Waals surface area contributed by atoms with E-state index in [9.17, 15) is 0 Å². The van der Waals surface area contributed by atoms with Gasteiger partial charge in [0.15, 0.2) is 0 Å². The third kappa shape index (κ3) is 3.22.